The lowest BCUT2D eigenvalue weighted by Gasteiger charge is -2.35. The van der Waals surface area contributed by atoms with Crippen molar-refractivity contribution in [2.24, 2.45) is 0 Å². The Bertz CT molecular complexity index is 789. The molecular formula is C21H26N2O5. The third kappa shape index (κ3) is 4.31. The molecule has 3 rings (SSSR count). The summed E-state index contributed by atoms with van der Waals surface area (Å²) in [6, 6.07) is 10.8. The molecule has 0 saturated carbocycles. The SMILES string of the molecule is COc1ccc(C(=O)N2CCN(Cc3cc(OC)c(O)c(OC)c3)CC2)cc1. The molecule has 1 N–H and O–H groups in total. The van der Waals surface area contributed by atoms with Gasteiger partial charge in [0.1, 0.15) is 5.75 Å². The van der Waals surface area contributed by atoms with Crippen molar-refractivity contribution >= 4 is 5.91 Å². The van der Waals surface area contributed by atoms with Crippen molar-refractivity contribution < 1.29 is 24.1 Å². The van der Waals surface area contributed by atoms with E-state index in [1.54, 1.807) is 31.4 Å². The van der Waals surface area contributed by atoms with E-state index in [9.17, 15) is 9.90 Å². The van der Waals surface area contributed by atoms with Crippen LogP contribution < -0.4 is 14.2 Å². The molecule has 1 amide bonds. The quantitative estimate of drug-likeness (QED) is 0.822. The lowest BCUT2D eigenvalue weighted by atomic mass is 10.1. The highest BCUT2D eigenvalue weighted by molar-refractivity contribution is 5.94. The number of hydrogen-bond donors (Lipinski definition) is 1. The number of phenols is 1. The Balaban J connectivity index is 1.60. The lowest BCUT2D eigenvalue weighted by molar-refractivity contribution is 0.0628. The molecule has 7 nitrogen and oxygen atoms in total. The summed E-state index contributed by atoms with van der Waals surface area (Å²) in [6.07, 6.45) is 0. The van der Waals surface area contributed by atoms with E-state index in [0.717, 1.165) is 24.4 Å². The van der Waals surface area contributed by atoms with Crippen molar-refractivity contribution in [2.45, 2.75) is 6.54 Å². The Kier molecular flexibility index (Phi) is 6.26. The topological polar surface area (TPSA) is 71.5 Å². The molecule has 0 bridgehead atoms. The molecule has 150 valence electrons. The number of carbonyl (C=O) groups is 1. The summed E-state index contributed by atoms with van der Waals surface area (Å²) < 4.78 is 15.6. The van der Waals surface area contributed by atoms with Crippen LogP contribution in [0.3, 0.4) is 0 Å². The zero-order valence-electron chi connectivity index (χ0n) is 16.5. The number of methoxy groups -OCH3 is 3. The predicted octanol–water partition coefficient (Wildman–Crippen LogP) is 2.38. The van der Waals surface area contributed by atoms with Crippen LogP contribution in [0, 0.1) is 0 Å². The van der Waals surface area contributed by atoms with Gasteiger partial charge in [-0.2, -0.15) is 0 Å². The van der Waals surface area contributed by atoms with Crippen LogP contribution in [-0.2, 0) is 6.54 Å². The molecule has 1 saturated heterocycles. The van der Waals surface area contributed by atoms with Crippen LogP contribution in [0.1, 0.15) is 15.9 Å². The number of carbonyl (C=O) groups excluding carboxylic acids is 1. The van der Waals surface area contributed by atoms with Crippen molar-refractivity contribution in [3.63, 3.8) is 0 Å². The normalized spacial score (nSPS) is 14.6. The molecular weight excluding hydrogens is 360 g/mol. The minimum Gasteiger partial charge on any atom is -0.502 e. The number of amides is 1. The number of piperazine rings is 1. The van der Waals surface area contributed by atoms with Crippen molar-refractivity contribution in [1.29, 1.82) is 0 Å². The Hall–Kier alpha value is -2.93. The summed E-state index contributed by atoms with van der Waals surface area (Å²) in [7, 11) is 4.64. The van der Waals surface area contributed by atoms with Gasteiger partial charge in [-0.25, -0.2) is 0 Å². The van der Waals surface area contributed by atoms with E-state index in [2.05, 4.69) is 4.90 Å². The van der Waals surface area contributed by atoms with E-state index < -0.39 is 0 Å². The highest BCUT2D eigenvalue weighted by atomic mass is 16.5. The van der Waals surface area contributed by atoms with Crippen LogP contribution >= 0.6 is 0 Å². The Morgan fingerprint density at radius 3 is 2.00 bits per heavy atom. The van der Waals surface area contributed by atoms with Gasteiger partial charge in [-0.05, 0) is 42.0 Å². The largest absolute Gasteiger partial charge is 0.502 e. The fraction of sp³-hybridized carbons (Fsp3) is 0.381. The Labute approximate surface area is 165 Å². The summed E-state index contributed by atoms with van der Waals surface area (Å²) in [5.74, 6) is 1.56. The van der Waals surface area contributed by atoms with Crippen molar-refractivity contribution in [1.82, 2.24) is 9.80 Å². The summed E-state index contributed by atoms with van der Waals surface area (Å²) in [6.45, 7) is 3.56. The van der Waals surface area contributed by atoms with Crippen LogP contribution in [0.25, 0.3) is 0 Å². The zero-order chi connectivity index (χ0) is 20.1. The fourth-order valence-corrected chi connectivity index (χ4v) is 3.32. The van der Waals surface area contributed by atoms with Crippen LogP contribution in [0.15, 0.2) is 36.4 Å². The molecule has 2 aromatic carbocycles. The number of rotatable bonds is 6. The van der Waals surface area contributed by atoms with Gasteiger partial charge in [0.05, 0.1) is 21.3 Å². The van der Waals surface area contributed by atoms with Gasteiger partial charge in [-0.1, -0.05) is 0 Å². The number of hydrogen-bond acceptors (Lipinski definition) is 6. The van der Waals surface area contributed by atoms with E-state index in [0.29, 0.717) is 36.7 Å². The maximum Gasteiger partial charge on any atom is 0.253 e. The second-order valence-corrected chi connectivity index (χ2v) is 6.65. The van der Waals surface area contributed by atoms with Gasteiger partial charge in [0.15, 0.2) is 11.5 Å². The van der Waals surface area contributed by atoms with Crippen molar-refractivity contribution in [3.05, 3.63) is 47.5 Å². The molecule has 0 aromatic heterocycles. The standard InChI is InChI=1S/C21H26N2O5/c1-26-17-6-4-16(5-7-17)21(25)23-10-8-22(9-11-23)14-15-12-18(27-2)20(24)19(13-15)28-3/h4-7,12-13,24H,8-11,14H2,1-3H3. The number of ether oxygens (including phenoxy) is 3. The molecule has 1 aliphatic heterocycles. The van der Waals surface area contributed by atoms with Gasteiger partial charge in [0.25, 0.3) is 5.91 Å². The first-order valence-corrected chi connectivity index (χ1v) is 9.15. The molecule has 28 heavy (non-hydrogen) atoms. The second-order valence-electron chi connectivity index (χ2n) is 6.65. The molecule has 7 heteroatoms. The third-order valence-electron chi connectivity index (χ3n) is 4.94. The van der Waals surface area contributed by atoms with Crippen LogP contribution in [0.5, 0.6) is 23.0 Å². The highest BCUT2D eigenvalue weighted by Crippen LogP contribution is 2.37. The maximum atomic E-state index is 12.7. The molecule has 0 atom stereocenters. The molecule has 0 radical (unpaired) electrons. The summed E-state index contributed by atoms with van der Waals surface area (Å²) in [5, 5.41) is 10.0. The van der Waals surface area contributed by atoms with Crippen molar-refractivity contribution in [3.8, 4) is 23.0 Å². The predicted molar refractivity (Wildman–Crippen MR) is 105 cm³/mol. The molecule has 2 aromatic rings. The average molecular weight is 386 g/mol. The summed E-state index contributed by atoms with van der Waals surface area (Å²) in [4.78, 5) is 16.8. The zero-order valence-corrected chi connectivity index (χ0v) is 16.5. The average Bonchev–Trinajstić information content (AvgIpc) is 2.75. The second kappa shape index (κ2) is 8.84. The van der Waals surface area contributed by atoms with Crippen molar-refractivity contribution in [2.75, 3.05) is 47.5 Å². The number of benzene rings is 2. The molecule has 1 heterocycles. The smallest absolute Gasteiger partial charge is 0.253 e. The number of phenolic OH excluding ortho intramolecular Hbond substituents is 1. The van der Waals surface area contributed by atoms with E-state index in [-0.39, 0.29) is 11.7 Å². The van der Waals surface area contributed by atoms with Crippen LogP contribution in [0.4, 0.5) is 0 Å². The molecule has 0 spiro atoms. The van der Waals surface area contributed by atoms with E-state index in [1.165, 1.54) is 14.2 Å². The molecule has 0 aliphatic carbocycles. The molecule has 0 unspecified atom stereocenters. The molecule has 1 aliphatic rings. The summed E-state index contributed by atoms with van der Waals surface area (Å²) >= 11 is 0. The first-order valence-electron chi connectivity index (χ1n) is 9.15. The highest BCUT2D eigenvalue weighted by Gasteiger charge is 2.23. The van der Waals surface area contributed by atoms with Gasteiger partial charge in [0, 0.05) is 38.3 Å². The van der Waals surface area contributed by atoms with Gasteiger partial charge < -0.3 is 24.2 Å². The van der Waals surface area contributed by atoms with Gasteiger partial charge in [-0.15, -0.1) is 0 Å². The monoisotopic (exact) mass is 386 g/mol. The minimum atomic E-state index is 0.00339. The fourth-order valence-electron chi connectivity index (χ4n) is 3.32. The van der Waals surface area contributed by atoms with Gasteiger partial charge >= 0.3 is 0 Å². The molecule has 1 fully saturated rings. The van der Waals surface area contributed by atoms with E-state index in [4.69, 9.17) is 14.2 Å². The van der Waals surface area contributed by atoms with Gasteiger partial charge in [-0.3, -0.25) is 9.69 Å². The van der Waals surface area contributed by atoms with E-state index >= 15 is 0 Å². The maximum absolute atomic E-state index is 12.7. The minimum absolute atomic E-state index is 0.00339. The van der Waals surface area contributed by atoms with E-state index in [1.807, 2.05) is 17.0 Å². The number of aromatic hydroxyl groups is 1. The van der Waals surface area contributed by atoms with Crippen LogP contribution in [0.2, 0.25) is 0 Å². The van der Waals surface area contributed by atoms with Gasteiger partial charge in [0.2, 0.25) is 5.75 Å². The number of nitrogens with zero attached hydrogens (tertiary/aromatic N) is 2. The first-order chi connectivity index (χ1) is 13.5. The Morgan fingerprint density at radius 1 is 0.929 bits per heavy atom. The first kappa shape index (κ1) is 19.8. The lowest BCUT2D eigenvalue weighted by Crippen LogP contribution is -2.48. The Morgan fingerprint density at radius 2 is 1.50 bits per heavy atom. The third-order valence-corrected chi connectivity index (χ3v) is 4.94. The summed E-state index contributed by atoms with van der Waals surface area (Å²) in [5.41, 5.74) is 1.66. The van der Waals surface area contributed by atoms with Crippen LogP contribution in [-0.4, -0.2) is 68.3 Å².